The van der Waals surface area contributed by atoms with Crippen LogP contribution in [0.4, 0.5) is 13.2 Å². The Balaban J connectivity index is 3.16. The molecule has 0 radical (unpaired) electrons. The molecule has 0 bridgehead atoms. The van der Waals surface area contributed by atoms with Crippen LogP contribution in [0.5, 0.6) is 5.75 Å². The number of carbonyl (C=O) groups is 1. The number of hydrogen-bond acceptors (Lipinski definition) is 2. The Hall–Kier alpha value is -1.72. The zero-order chi connectivity index (χ0) is 12.3. The van der Waals surface area contributed by atoms with Gasteiger partial charge in [0.25, 0.3) is 0 Å². The molecule has 0 aliphatic rings. The molecule has 0 atom stereocenters. The number of alkyl halides is 3. The Morgan fingerprint density at radius 3 is 2.50 bits per heavy atom. The van der Waals surface area contributed by atoms with Gasteiger partial charge in [0.1, 0.15) is 5.75 Å². The highest BCUT2D eigenvalue weighted by atomic mass is 19.4. The summed E-state index contributed by atoms with van der Waals surface area (Å²) in [6.45, 7) is 0. The van der Waals surface area contributed by atoms with E-state index in [1.165, 1.54) is 7.11 Å². The van der Waals surface area contributed by atoms with Gasteiger partial charge in [-0.1, -0.05) is 0 Å². The minimum absolute atomic E-state index is 0.00447. The second kappa shape index (κ2) is 4.42. The van der Waals surface area contributed by atoms with Crippen LogP contribution in [0.25, 0.3) is 0 Å². The average molecular weight is 234 g/mol. The van der Waals surface area contributed by atoms with Crippen molar-refractivity contribution in [1.82, 2.24) is 0 Å². The van der Waals surface area contributed by atoms with E-state index in [9.17, 15) is 18.0 Å². The average Bonchev–Trinajstić information content (AvgIpc) is 2.15. The number of aliphatic carboxylic acids is 1. The van der Waals surface area contributed by atoms with Crippen LogP contribution in [0, 0.1) is 0 Å². The summed E-state index contributed by atoms with van der Waals surface area (Å²) in [6.07, 6.45) is -4.99. The minimum Gasteiger partial charge on any atom is -0.496 e. The molecule has 0 aliphatic carbocycles. The van der Waals surface area contributed by atoms with Crippen molar-refractivity contribution in [2.45, 2.75) is 12.6 Å². The van der Waals surface area contributed by atoms with E-state index >= 15 is 0 Å². The summed E-state index contributed by atoms with van der Waals surface area (Å²) in [7, 11) is 1.27. The maximum atomic E-state index is 12.4. The van der Waals surface area contributed by atoms with Crippen LogP contribution in [-0.2, 0) is 17.4 Å². The second-order valence-corrected chi connectivity index (χ2v) is 3.09. The van der Waals surface area contributed by atoms with E-state index in [2.05, 4.69) is 0 Å². The lowest BCUT2D eigenvalue weighted by molar-refractivity contribution is -0.138. The summed E-state index contributed by atoms with van der Waals surface area (Å²) in [5, 5.41) is 8.54. The Morgan fingerprint density at radius 1 is 1.44 bits per heavy atom. The van der Waals surface area contributed by atoms with Crippen LogP contribution >= 0.6 is 0 Å². The Bertz CT molecular complexity index is 399. The first-order valence-electron chi connectivity index (χ1n) is 4.30. The summed E-state index contributed by atoms with van der Waals surface area (Å²) >= 11 is 0. The van der Waals surface area contributed by atoms with Crippen LogP contribution in [0.15, 0.2) is 18.2 Å². The number of rotatable bonds is 3. The summed E-state index contributed by atoms with van der Waals surface area (Å²) in [5.41, 5.74) is -0.880. The standard InChI is InChI=1S/C10H9F3O3/c1-16-8-3-2-7(10(11,12)13)4-6(8)5-9(14)15/h2-4H,5H2,1H3,(H,14,15). The number of halogens is 3. The Kier molecular flexibility index (Phi) is 3.41. The smallest absolute Gasteiger partial charge is 0.416 e. The molecular formula is C10H9F3O3. The SMILES string of the molecule is COc1ccc(C(F)(F)F)cc1CC(=O)O. The van der Waals surface area contributed by atoms with E-state index in [-0.39, 0.29) is 11.3 Å². The van der Waals surface area contributed by atoms with Crippen LogP contribution in [0.3, 0.4) is 0 Å². The fraction of sp³-hybridized carbons (Fsp3) is 0.300. The number of benzene rings is 1. The third kappa shape index (κ3) is 2.88. The third-order valence-corrected chi connectivity index (χ3v) is 1.95. The van der Waals surface area contributed by atoms with Gasteiger partial charge in [-0.3, -0.25) is 4.79 Å². The van der Waals surface area contributed by atoms with Gasteiger partial charge in [-0.05, 0) is 18.2 Å². The van der Waals surface area contributed by atoms with E-state index in [1.807, 2.05) is 0 Å². The molecule has 1 aromatic rings. The molecule has 16 heavy (non-hydrogen) atoms. The minimum atomic E-state index is -4.49. The van der Waals surface area contributed by atoms with Gasteiger partial charge in [-0.2, -0.15) is 13.2 Å². The summed E-state index contributed by atoms with van der Waals surface area (Å²) in [6, 6.07) is 2.75. The molecule has 6 heteroatoms. The van der Waals surface area contributed by atoms with E-state index in [0.717, 1.165) is 18.2 Å². The molecule has 0 aromatic heterocycles. The first-order valence-corrected chi connectivity index (χ1v) is 4.30. The van der Waals surface area contributed by atoms with Gasteiger partial charge in [0.15, 0.2) is 0 Å². The Labute approximate surface area is 89.5 Å². The van der Waals surface area contributed by atoms with Crippen molar-refractivity contribution in [1.29, 1.82) is 0 Å². The van der Waals surface area contributed by atoms with E-state index in [0.29, 0.717) is 0 Å². The monoisotopic (exact) mass is 234 g/mol. The van der Waals surface area contributed by atoms with Gasteiger partial charge < -0.3 is 9.84 Å². The molecule has 0 amide bonds. The molecule has 0 heterocycles. The van der Waals surface area contributed by atoms with Gasteiger partial charge >= 0.3 is 12.1 Å². The normalized spacial score (nSPS) is 11.2. The lowest BCUT2D eigenvalue weighted by Gasteiger charge is -2.11. The molecule has 0 aliphatic heterocycles. The van der Waals surface area contributed by atoms with Crippen molar-refractivity contribution in [2.24, 2.45) is 0 Å². The van der Waals surface area contributed by atoms with Gasteiger partial charge in [0.05, 0.1) is 19.1 Å². The molecule has 1 N–H and O–H groups in total. The molecule has 88 valence electrons. The van der Waals surface area contributed by atoms with Crippen molar-refractivity contribution < 1.29 is 27.8 Å². The second-order valence-electron chi connectivity index (χ2n) is 3.09. The highest BCUT2D eigenvalue weighted by Crippen LogP contribution is 2.32. The zero-order valence-electron chi connectivity index (χ0n) is 8.34. The van der Waals surface area contributed by atoms with Crippen molar-refractivity contribution in [3.63, 3.8) is 0 Å². The quantitative estimate of drug-likeness (QED) is 0.873. The predicted octanol–water partition coefficient (Wildman–Crippen LogP) is 2.34. The lowest BCUT2D eigenvalue weighted by atomic mass is 10.1. The highest BCUT2D eigenvalue weighted by Gasteiger charge is 2.31. The van der Waals surface area contributed by atoms with Gasteiger partial charge in [-0.15, -0.1) is 0 Å². The van der Waals surface area contributed by atoms with E-state index < -0.39 is 24.1 Å². The van der Waals surface area contributed by atoms with E-state index in [4.69, 9.17) is 9.84 Å². The number of hydrogen-bond donors (Lipinski definition) is 1. The van der Waals surface area contributed by atoms with Crippen LogP contribution in [0.2, 0.25) is 0 Å². The van der Waals surface area contributed by atoms with Crippen molar-refractivity contribution in [3.8, 4) is 5.75 Å². The van der Waals surface area contributed by atoms with Crippen LogP contribution < -0.4 is 4.74 Å². The lowest BCUT2D eigenvalue weighted by Crippen LogP contribution is -2.08. The highest BCUT2D eigenvalue weighted by molar-refractivity contribution is 5.71. The molecule has 0 unspecified atom stereocenters. The molecule has 3 nitrogen and oxygen atoms in total. The largest absolute Gasteiger partial charge is 0.496 e. The maximum Gasteiger partial charge on any atom is 0.416 e. The maximum absolute atomic E-state index is 12.4. The van der Waals surface area contributed by atoms with Crippen molar-refractivity contribution >= 4 is 5.97 Å². The van der Waals surface area contributed by atoms with Gasteiger partial charge in [0.2, 0.25) is 0 Å². The zero-order valence-corrected chi connectivity index (χ0v) is 8.34. The molecule has 1 rings (SSSR count). The first-order chi connectivity index (χ1) is 7.34. The molecule has 0 saturated carbocycles. The molecular weight excluding hydrogens is 225 g/mol. The van der Waals surface area contributed by atoms with E-state index in [1.54, 1.807) is 0 Å². The summed E-state index contributed by atoms with van der Waals surface area (Å²) in [5.74, 6) is -1.08. The fourth-order valence-electron chi connectivity index (χ4n) is 1.26. The molecule has 1 aromatic carbocycles. The molecule has 0 saturated heterocycles. The van der Waals surface area contributed by atoms with Crippen LogP contribution in [-0.4, -0.2) is 18.2 Å². The van der Waals surface area contributed by atoms with Gasteiger partial charge in [-0.25, -0.2) is 0 Å². The summed E-state index contributed by atoms with van der Waals surface area (Å²) < 4.78 is 41.8. The molecule has 0 spiro atoms. The Morgan fingerprint density at radius 2 is 2.06 bits per heavy atom. The fourth-order valence-corrected chi connectivity index (χ4v) is 1.26. The van der Waals surface area contributed by atoms with Crippen molar-refractivity contribution in [2.75, 3.05) is 7.11 Å². The van der Waals surface area contributed by atoms with Gasteiger partial charge in [0, 0.05) is 5.56 Å². The predicted molar refractivity (Wildman–Crippen MR) is 49.3 cm³/mol. The third-order valence-electron chi connectivity index (χ3n) is 1.95. The van der Waals surface area contributed by atoms with Crippen molar-refractivity contribution in [3.05, 3.63) is 29.3 Å². The number of carboxylic acids is 1. The van der Waals surface area contributed by atoms with Crippen LogP contribution in [0.1, 0.15) is 11.1 Å². The molecule has 0 fully saturated rings. The first kappa shape index (κ1) is 12.4. The number of carboxylic acid groups (broad SMARTS) is 1. The number of methoxy groups -OCH3 is 1. The number of ether oxygens (including phenoxy) is 1. The summed E-state index contributed by atoms with van der Waals surface area (Å²) in [4.78, 5) is 10.5. The topological polar surface area (TPSA) is 46.5 Å².